The number of alkyl halides is 2. The highest BCUT2D eigenvalue weighted by molar-refractivity contribution is 6.18. The molecule has 0 aliphatic heterocycles. The van der Waals surface area contributed by atoms with E-state index in [-0.39, 0.29) is 24.3 Å². The Morgan fingerprint density at radius 3 is 2.42 bits per heavy atom. The van der Waals surface area contributed by atoms with Crippen LogP contribution in [0, 0.1) is 6.92 Å². The van der Waals surface area contributed by atoms with Crippen molar-refractivity contribution >= 4 is 69.1 Å². The quantitative estimate of drug-likeness (QED) is 0.101. The Bertz CT molecular complexity index is 1540. The van der Waals surface area contributed by atoms with Crippen LogP contribution in [0.1, 0.15) is 15.9 Å². The van der Waals surface area contributed by atoms with Crippen molar-refractivity contribution in [2.75, 3.05) is 46.9 Å². The van der Waals surface area contributed by atoms with Gasteiger partial charge in [-0.25, -0.2) is 9.98 Å². The average Bonchev–Trinajstić information content (AvgIpc) is 3.36. The number of aromatic amines is 1. The number of anilines is 3. The van der Waals surface area contributed by atoms with Crippen LogP contribution in [0.15, 0.2) is 65.7 Å². The second kappa shape index (κ2) is 13.2. The predicted octanol–water partition coefficient (Wildman–Crippen LogP) is 4.29. The first-order valence-electron chi connectivity index (χ1n) is 12.5. The van der Waals surface area contributed by atoms with E-state index >= 15 is 0 Å². The molecule has 0 fully saturated rings. The number of nitrogens with two attached hydrogens (primary N) is 2. The van der Waals surface area contributed by atoms with Gasteiger partial charge in [0, 0.05) is 53.0 Å². The lowest BCUT2D eigenvalue weighted by atomic mass is 10.1. The van der Waals surface area contributed by atoms with Crippen LogP contribution in [0.5, 0.6) is 0 Å². The third kappa shape index (κ3) is 7.22. The second-order valence-corrected chi connectivity index (χ2v) is 9.76. The minimum atomic E-state index is -0.349. The Labute approximate surface area is 241 Å². The number of nitrogens with one attached hydrogen (secondary N) is 3. The van der Waals surface area contributed by atoms with E-state index in [0.29, 0.717) is 58.6 Å². The predicted molar refractivity (Wildman–Crippen MR) is 164 cm³/mol. The third-order valence-electron chi connectivity index (χ3n) is 6.07. The number of guanidine groups is 1. The van der Waals surface area contributed by atoms with Crippen LogP contribution in [-0.2, 0) is 4.79 Å². The van der Waals surface area contributed by atoms with Crippen LogP contribution in [0.4, 0.5) is 17.1 Å². The van der Waals surface area contributed by atoms with E-state index in [2.05, 4.69) is 30.5 Å². The van der Waals surface area contributed by atoms with Crippen molar-refractivity contribution in [1.82, 2.24) is 9.97 Å². The number of benzene rings is 3. The van der Waals surface area contributed by atoms with Gasteiger partial charge in [0.15, 0.2) is 5.96 Å². The lowest BCUT2D eigenvalue weighted by molar-refractivity contribution is -0.114. The number of halogens is 2. The Hall–Kier alpha value is -4.28. The summed E-state index contributed by atoms with van der Waals surface area (Å²) in [6.07, 6.45) is 0. The highest BCUT2D eigenvalue weighted by Gasteiger charge is 2.13. The molecule has 0 spiro atoms. The van der Waals surface area contributed by atoms with Crippen molar-refractivity contribution in [2.45, 2.75) is 6.92 Å². The summed E-state index contributed by atoms with van der Waals surface area (Å²) in [5, 5.41) is 5.71. The van der Waals surface area contributed by atoms with E-state index < -0.39 is 0 Å². The maximum absolute atomic E-state index is 13.1. The molecular weight excluding hydrogens is 551 g/mol. The van der Waals surface area contributed by atoms with Gasteiger partial charge < -0.3 is 32.0 Å². The van der Waals surface area contributed by atoms with Crippen LogP contribution >= 0.6 is 23.2 Å². The number of hydrogen-bond donors (Lipinski definition) is 5. The topological polar surface area (TPSA) is 155 Å². The molecule has 0 aliphatic rings. The molecule has 0 saturated carbocycles. The summed E-state index contributed by atoms with van der Waals surface area (Å²) in [6, 6.07) is 18.2. The molecule has 40 heavy (non-hydrogen) atoms. The molecular formula is C28H30Cl2N8O2. The van der Waals surface area contributed by atoms with Gasteiger partial charge in [0.25, 0.3) is 5.91 Å². The van der Waals surface area contributed by atoms with Gasteiger partial charge >= 0.3 is 0 Å². The van der Waals surface area contributed by atoms with Crippen molar-refractivity contribution < 1.29 is 9.59 Å². The minimum Gasteiger partial charge on any atom is -0.370 e. The number of hydrogen-bond acceptors (Lipinski definition) is 5. The van der Waals surface area contributed by atoms with Gasteiger partial charge in [-0.3, -0.25) is 9.59 Å². The zero-order valence-corrected chi connectivity index (χ0v) is 23.4. The monoisotopic (exact) mass is 580 g/mol. The molecule has 208 valence electrons. The number of amides is 2. The average molecular weight is 582 g/mol. The molecule has 0 aliphatic carbocycles. The summed E-state index contributed by atoms with van der Waals surface area (Å²) < 4.78 is 0. The molecule has 2 amide bonds. The van der Waals surface area contributed by atoms with E-state index in [0.717, 1.165) is 16.8 Å². The van der Waals surface area contributed by atoms with Gasteiger partial charge in [0.1, 0.15) is 12.4 Å². The highest BCUT2D eigenvalue weighted by atomic mass is 35.5. The number of fused-ring (bicyclic) bond motifs is 1. The van der Waals surface area contributed by atoms with E-state index in [9.17, 15) is 9.59 Å². The normalized spacial score (nSPS) is 10.8. The molecule has 1 heterocycles. The number of carbonyl (C=O) groups is 2. The van der Waals surface area contributed by atoms with Crippen molar-refractivity contribution in [3.63, 3.8) is 0 Å². The van der Waals surface area contributed by atoms with Gasteiger partial charge in [-0.1, -0.05) is 12.1 Å². The van der Waals surface area contributed by atoms with Gasteiger partial charge in [-0.2, -0.15) is 0 Å². The van der Waals surface area contributed by atoms with Crippen molar-refractivity contribution in [1.29, 1.82) is 0 Å². The molecule has 7 N–H and O–H groups in total. The number of aromatic nitrogens is 2. The summed E-state index contributed by atoms with van der Waals surface area (Å²) in [6.45, 7) is 3.19. The van der Waals surface area contributed by atoms with Crippen molar-refractivity contribution in [3.8, 4) is 11.4 Å². The second-order valence-electron chi connectivity index (χ2n) is 9.01. The number of aliphatic imine (C=N–C) groups is 1. The lowest BCUT2D eigenvalue weighted by Crippen LogP contribution is -2.28. The first kappa shape index (κ1) is 28.7. The largest absolute Gasteiger partial charge is 0.370 e. The lowest BCUT2D eigenvalue weighted by Gasteiger charge is -2.25. The fourth-order valence-electron chi connectivity index (χ4n) is 4.24. The molecule has 3 aromatic carbocycles. The van der Waals surface area contributed by atoms with Crippen LogP contribution in [-0.4, -0.2) is 59.1 Å². The number of H-pyrrole nitrogens is 1. The van der Waals surface area contributed by atoms with Gasteiger partial charge in [-0.05, 0) is 61.0 Å². The summed E-state index contributed by atoms with van der Waals surface area (Å²) >= 11 is 11.9. The van der Waals surface area contributed by atoms with Crippen LogP contribution in [0.25, 0.3) is 22.4 Å². The maximum atomic E-state index is 13.1. The van der Waals surface area contributed by atoms with Gasteiger partial charge in [0.2, 0.25) is 5.91 Å². The maximum Gasteiger partial charge on any atom is 0.255 e. The van der Waals surface area contributed by atoms with Crippen LogP contribution in [0.2, 0.25) is 0 Å². The molecule has 0 unspecified atom stereocenters. The Kier molecular flexibility index (Phi) is 9.47. The molecule has 0 saturated heterocycles. The molecule has 12 heteroatoms. The minimum absolute atomic E-state index is 0.153. The smallest absolute Gasteiger partial charge is 0.255 e. The van der Waals surface area contributed by atoms with Crippen LogP contribution in [0.3, 0.4) is 0 Å². The SMILES string of the molecule is Cc1cc(NC(=O)c2ccc3nc(-c4cccc(NC(=O)CN=C(N)N)c4)[nH]c3c2)ccc1N(CCCl)CCCl. The Balaban J connectivity index is 1.49. The highest BCUT2D eigenvalue weighted by Crippen LogP contribution is 2.26. The molecule has 0 bridgehead atoms. The molecule has 4 rings (SSSR count). The Morgan fingerprint density at radius 1 is 0.975 bits per heavy atom. The fourth-order valence-corrected chi connectivity index (χ4v) is 4.65. The standard InChI is InChI=1S/C28H30Cl2N8O2/c1-17-13-21(6-8-24(17)38(11-9-29)12-10-30)35-27(40)19-5-7-22-23(15-19)37-26(36-22)18-3-2-4-20(14-18)34-25(39)16-33-28(31)32/h2-8,13-15H,9-12,16H2,1H3,(H,34,39)(H,35,40)(H,36,37)(H4,31,32,33). The summed E-state index contributed by atoms with van der Waals surface area (Å²) in [7, 11) is 0. The van der Waals surface area contributed by atoms with Gasteiger partial charge in [0.05, 0.1) is 11.0 Å². The van der Waals surface area contributed by atoms with Crippen LogP contribution < -0.4 is 27.0 Å². The third-order valence-corrected chi connectivity index (χ3v) is 6.41. The zero-order chi connectivity index (χ0) is 28.6. The molecule has 0 radical (unpaired) electrons. The molecule has 4 aromatic rings. The summed E-state index contributed by atoms with van der Waals surface area (Å²) in [5.41, 5.74) is 16.5. The number of nitrogens with zero attached hydrogens (tertiary/aromatic N) is 3. The molecule has 1 aromatic heterocycles. The number of rotatable bonds is 11. The summed E-state index contributed by atoms with van der Waals surface area (Å²) in [4.78, 5) is 38.8. The van der Waals surface area contributed by atoms with E-state index in [1.165, 1.54) is 0 Å². The first-order valence-corrected chi connectivity index (χ1v) is 13.6. The number of carbonyl (C=O) groups excluding carboxylic acids is 2. The van der Waals surface area contributed by atoms with Crippen molar-refractivity contribution in [2.24, 2.45) is 16.5 Å². The van der Waals surface area contributed by atoms with Gasteiger partial charge in [-0.15, -0.1) is 23.2 Å². The summed E-state index contributed by atoms with van der Waals surface area (Å²) in [5.74, 6) is 0.842. The molecule has 10 nitrogen and oxygen atoms in total. The number of imidazole rings is 1. The zero-order valence-electron chi connectivity index (χ0n) is 21.9. The van der Waals surface area contributed by atoms with E-state index in [4.69, 9.17) is 34.7 Å². The Morgan fingerprint density at radius 2 is 1.73 bits per heavy atom. The first-order chi connectivity index (χ1) is 19.3. The molecule has 0 atom stereocenters. The van der Waals surface area contributed by atoms with E-state index in [1.54, 1.807) is 36.4 Å². The van der Waals surface area contributed by atoms with Crippen molar-refractivity contribution in [3.05, 3.63) is 71.8 Å². The van der Waals surface area contributed by atoms with E-state index in [1.807, 2.05) is 31.2 Å². The number of aryl methyl sites for hydroxylation is 1. The fraction of sp³-hybridized carbons (Fsp3) is 0.214.